The molecule has 0 spiro atoms. The van der Waals surface area contributed by atoms with E-state index in [9.17, 15) is 9.90 Å². The van der Waals surface area contributed by atoms with Crippen LogP contribution in [0.1, 0.15) is 37.4 Å². The van der Waals surface area contributed by atoms with Crippen LogP contribution in [0.2, 0.25) is 0 Å². The molecule has 3 rings (SSSR count). The normalized spacial score (nSPS) is 28.2. The van der Waals surface area contributed by atoms with Crippen molar-refractivity contribution in [1.82, 2.24) is 9.88 Å². The Balaban J connectivity index is 2.07. The summed E-state index contributed by atoms with van der Waals surface area (Å²) in [6.07, 6.45) is 6.44. The average molecular weight is 220 g/mol. The van der Waals surface area contributed by atoms with Gasteiger partial charge in [0.05, 0.1) is 6.20 Å². The molecule has 2 heterocycles. The third-order valence-corrected chi connectivity index (χ3v) is 3.78. The third-order valence-electron chi connectivity index (χ3n) is 3.78. The fraction of sp³-hybridized carbons (Fsp3) is 0.583. The molecule has 0 bridgehead atoms. The lowest BCUT2D eigenvalue weighted by Crippen LogP contribution is -2.45. The highest BCUT2D eigenvalue weighted by Gasteiger charge is 2.30. The van der Waals surface area contributed by atoms with Gasteiger partial charge in [-0.2, -0.15) is 0 Å². The summed E-state index contributed by atoms with van der Waals surface area (Å²) in [5.41, 5.74) is 0.716. The topological polar surface area (TPSA) is 54.3 Å². The Bertz CT molecular complexity index is 467. The molecule has 0 saturated heterocycles. The van der Waals surface area contributed by atoms with Gasteiger partial charge in [0.25, 0.3) is 0 Å². The minimum absolute atomic E-state index is 0.130. The maximum atomic E-state index is 11.4. The van der Waals surface area contributed by atoms with E-state index in [4.69, 9.17) is 0 Å². The van der Waals surface area contributed by atoms with Gasteiger partial charge < -0.3 is 15.0 Å². The quantitative estimate of drug-likeness (QED) is 0.689. The lowest BCUT2D eigenvalue weighted by atomic mass is 9.88. The Morgan fingerprint density at radius 3 is 3.06 bits per heavy atom. The van der Waals surface area contributed by atoms with Crippen LogP contribution in [0.4, 0.5) is 0 Å². The van der Waals surface area contributed by atoms with Crippen molar-refractivity contribution in [3.05, 3.63) is 28.2 Å². The Kier molecular flexibility index (Phi) is 2.24. The number of fused-ring (bicyclic) bond motifs is 3. The lowest BCUT2D eigenvalue weighted by molar-refractivity contribution is 0.226. The van der Waals surface area contributed by atoms with E-state index in [1.165, 1.54) is 19.3 Å². The zero-order chi connectivity index (χ0) is 11.1. The van der Waals surface area contributed by atoms with Gasteiger partial charge in [0.15, 0.2) is 5.75 Å². The molecule has 2 atom stereocenters. The van der Waals surface area contributed by atoms with E-state index in [2.05, 4.69) is 9.88 Å². The first kappa shape index (κ1) is 9.90. The zero-order valence-corrected chi connectivity index (χ0v) is 9.15. The molecule has 1 aromatic rings. The Labute approximate surface area is 93.9 Å². The molecular weight excluding hydrogens is 204 g/mol. The van der Waals surface area contributed by atoms with E-state index in [0.29, 0.717) is 12.1 Å². The van der Waals surface area contributed by atoms with Crippen LogP contribution < -0.4 is 10.7 Å². The summed E-state index contributed by atoms with van der Waals surface area (Å²) in [6.45, 7) is 0.733. The van der Waals surface area contributed by atoms with Crippen molar-refractivity contribution in [3.63, 3.8) is 0 Å². The fourth-order valence-corrected chi connectivity index (χ4v) is 2.95. The molecule has 0 amide bonds. The average Bonchev–Trinajstić information content (AvgIpc) is 2.31. The number of nitrogens with one attached hydrogen (secondary N) is 1. The molecule has 0 unspecified atom stereocenters. The monoisotopic (exact) mass is 220 g/mol. The third kappa shape index (κ3) is 1.45. The molecule has 4 nitrogen and oxygen atoms in total. The Morgan fingerprint density at radius 1 is 1.38 bits per heavy atom. The SMILES string of the molecule is O=c1cc2n(cc1O)[C@H]1CCCC[C@H]1NC2. The first-order valence-corrected chi connectivity index (χ1v) is 5.93. The van der Waals surface area contributed by atoms with Crippen molar-refractivity contribution >= 4 is 0 Å². The molecule has 1 saturated carbocycles. The van der Waals surface area contributed by atoms with Crippen LogP contribution in [0, 0.1) is 0 Å². The van der Waals surface area contributed by atoms with Crippen LogP contribution in [0.5, 0.6) is 5.75 Å². The van der Waals surface area contributed by atoms with Gasteiger partial charge in [0.1, 0.15) is 0 Å². The van der Waals surface area contributed by atoms with E-state index in [1.807, 2.05) is 0 Å². The largest absolute Gasteiger partial charge is 0.503 e. The van der Waals surface area contributed by atoms with E-state index >= 15 is 0 Å². The molecule has 2 N–H and O–H groups in total. The number of nitrogens with zero attached hydrogens (tertiary/aromatic N) is 1. The predicted molar refractivity (Wildman–Crippen MR) is 60.5 cm³/mol. The van der Waals surface area contributed by atoms with E-state index < -0.39 is 0 Å². The van der Waals surface area contributed by atoms with Gasteiger partial charge in [-0.3, -0.25) is 4.79 Å². The van der Waals surface area contributed by atoms with Crippen molar-refractivity contribution in [2.75, 3.05) is 0 Å². The highest BCUT2D eigenvalue weighted by atomic mass is 16.3. The molecule has 0 radical (unpaired) electrons. The van der Waals surface area contributed by atoms with Gasteiger partial charge >= 0.3 is 0 Å². The van der Waals surface area contributed by atoms with Gasteiger partial charge in [0.2, 0.25) is 5.43 Å². The van der Waals surface area contributed by atoms with Crippen LogP contribution in [0.3, 0.4) is 0 Å². The fourth-order valence-electron chi connectivity index (χ4n) is 2.95. The second-order valence-electron chi connectivity index (χ2n) is 4.76. The van der Waals surface area contributed by atoms with Gasteiger partial charge in [-0.1, -0.05) is 12.8 Å². The van der Waals surface area contributed by atoms with Crippen LogP contribution in [0.15, 0.2) is 17.1 Å². The van der Waals surface area contributed by atoms with Crippen LogP contribution in [-0.4, -0.2) is 15.7 Å². The maximum Gasteiger partial charge on any atom is 0.223 e. The summed E-state index contributed by atoms with van der Waals surface area (Å²) in [6, 6.07) is 2.46. The van der Waals surface area contributed by atoms with Crippen molar-refractivity contribution in [1.29, 1.82) is 0 Å². The summed E-state index contributed by atoms with van der Waals surface area (Å²) in [7, 11) is 0. The van der Waals surface area contributed by atoms with Crippen LogP contribution >= 0.6 is 0 Å². The molecule has 4 heteroatoms. The molecule has 1 aromatic heterocycles. The number of aromatic hydroxyl groups is 1. The molecule has 1 aliphatic carbocycles. The van der Waals surface area contributed by atoms with Crippen LogP contribution in [-0.2, 0) is 6.54 Å². The lowest BCUT2D eigenvalue weighted by Gasteiger charge is -2.39. The molecular formula is C12H16N2O2. The molecule has 2 aliphatic rings. The molecule has 86 valence electrons. The van der Waals surface area contributed by atoms with Crippen LogP contribution in [0.25, 0.3) is 0 Å². The first-order chi connectivity index (χ1) is 7.75. The zero-order valence-electron chi connectivity index (χ0n) is 9.15. The van der Waals surface area contributed by atoms with Gasteiger partial charge in [-0.15, -0.1) is 0 Å². The summed E-state index contributed by atoms with van der Waals surface area (Å²) in [5.74, 6) is -0.130. The van der Waals surface area contributed by atoms with Gasteiger partial charge in [-0.25, -0.2) is 0 Å². The number of rotatable bonds is 0. The van der Waals surface area contributed by atoms with E-state index in [1.54, 1.807) is 12.3 Å². The van der Waals surface area contributed by atoms with Gasteiger partial charge in [-0.05, 0) is 12.8 Å². The summed E-state index contributed by atoms with van der Waals surface area (Å²) < 4.78 is 2.09. The number of hydrogen-bond donors (Lipinski definition) is 2. The number of pyridine rings is 1. The minimum Gasteiger partial charge on any atom is -0.503 e. The molecule has 1 fully saturated rings. The van der Waals surface area contributed by atoms with Crippen molar-refractivity contribution in [2.24, 2.45) is 0 Å². The number of aromatic nitrogens is 1. The molecule has 1 aliphatic heterocycles. The van der Waals surface area contributed by atoms with Gasteiger partial charge in [0, 0.05) is 30.4 Å². The highest BCUT2D eigenvalue weighted by Crippen LogP contribution is 2.32. The van der Waals surface area contributed by atoms with E-state index in [-0.39, 0.29) is 11.2 Å². The number of hydrogen-bond acceptors (Lipinski definition) is 3. The molecule has 16 heavy (non-hydrogen) atoms. The summed E-state index contributed by atoms with van der Waals surface area (Å²) in [4.78, 5) is 11.4. The second-order valence-corrected chi connectivity index (χ2v) is 4.76. The highest BCUT2D eigenvalue weighted by molar-refractivity contribution is 5.23. The smallest absolute Gasteiger partial charge is 0.223 e. The predicted octanol–water partition coefficient (Wildman–Crippen LogP) is 1.14. The van der Waals surface area contributed by atoms with Crippen molar-refractivity contribution in [3.8, 4) is 5.75 Å². The first-order valence-electron chi connectivity index (χ1n) is 5.93. The summed E-state index contributed by atoms with van der Waals surface area (Å²) in [5, 5.41) is 13.0. The Morgan fingerprint density at radius 2 is 2.19 bits per heavy atom. The molecule has 0 aromatic carbocycles. The summed E-state index contributed by atoms with van der Waals surface area (Å²) >= 11 is 0. The minimum atomic E-state index is -0.276. The second kappa shape index (κ2) is 3.63. The standard InChI is InChI=1S/C12H16N2O2/c15-11-5-8-6-13-9-3-1-2-4-10(9)14(8)7-12(11)16/h5,7,9-10,13,16H,1-4,6H2/t9-,10+/m1/s1. The van der Waals surface area contributed by atoms with E-state index in [0.717, 1.165) is 18.7 Å². The Hall–Kier alpha value is -1.29. The van der Waals surface area contributed by atoms with Crippen molar-refractivity contribution < 1.29 is 5.11 Å². The van der Waals surface area contributed by atoms with Crippen molar-refractivity contribution in [2.45, 2.75) is 44.3 Å². The maximum absolute atomic E-state index is 11.4.